The van der Waals surface area contributed by atoms with Crippen LogP contribution in [0.25, 0.3) is 15.9 Å². The Balaban J connectivity index is 1.73. The minimum absolute atomic E-state index is 0.115. The van der Waals surface area contributed by atoms with Crippen molar-refractivity contribution in [3.8, 4) is 5.69 Å². The highest BCUT2D eigenvalue weighted by molar-refractivity contribution is 8.00. The number of carbonyl (C=O) groups is 1. The van der Waals surface area contributed by atoms with E-state index in [9.17, 15) is 9.59 Å². The summed E-state index contributed by atoms with van der Waals surface area (Å²) in [7, 11) is 0. The summed E-state index contributed by atoms with van der Waals surface area (Å²) in [6.07, 6.45) is 4.08. The van der Waals surface area contributed by atoms with Crippen molar-refractivity contribution < 1.29 is 4.79 Å². The Hall–Kier alpha value is -2.61. The van der Waals surface area contributed by atoms with Crippen molar-refractivity contribution in [2.45, 2.75) is 36.1 Å². The average molecular weight is 482 g/mol. The number of fused-ring (bicyclic) bond motifs is 3. The van der Waals surface area contributed by atoms with E-state index < -0.39 is 11.2 Å². The molecule has 1 aliphatic carbocycles. The van der Waals surface area contributed by atoms with Crippen LogP contribution in [0.3, 0.4) is 0 Å². The molecule has 8 heteroatoms. The van der Waals surface area contributed by atoms with Gasteiger partial charge in [-0.2, -0.15) is 0 Å². The number of hydrogen-bond acceptors (Lipinski definition) is 5. The number of thiophene rings is 1. The zero-order valence-electron chi connectivity index (χ0n) is 17.1. The van der Waals surface area contributed by atoms with Gasteiger partial charge in [0, 0.05) is 9.90 Å². The van der Waals surface area contributed by atoms with Gasteiger partial charge in [0.15, 0.2) is 5.16 Å². The molecule has 32 heavy (non-hydrogen) atoms. The van der Waals surface area contributed by atoms with Gasteiger partial charge in [0.1, 0.15) is 10.1 Å². The summed E-state index contributed by atoms with van der Waals surface area (Å²) in [5, 5.41) is 1.04. The van der Waals surface area contributed by atoms with Crippen molar-refractivity contribution in [1.82, 2.24) is 9.55 Å². The summed E-state index contributed by atoms with van der Waals surface area (Å²) in [6, 6.07) is 16.4. The Morgan fingerprint density at radius 2 is 1.81 bits per heavy atom. The Bertz CT molecular complexity index is 1360. The number of rotatable bonds is 5. The first-order valence-electron chi connectivity index (χ1n) is 10.4. The summed E-state index contributed by atoms with van der Waals surface area (Å²) >= 11 is 8.88. The van der Waals surface area contributed by atoms with Crippen LogP contribution in [0.15, 0.2) is 64.5 Å². The molecular formula is C24H20ClN3O2S2. The van der Waals surface area contributed by atoms with Crippen LogP contribution in [0.2, 0.25) is 5.02 Å². The highest BCUT2D eigenvalue weighted by Crippen LogP contribution is 2.38. The van der Waals surface area contributed by atoms with E-state index in [2.05, 4.69) is 0 Å². The van der Waals surface area contributed by atoms with Crippen molar-refractivity contribution in [1.29, 1.82) is 0 Å². The molecule has 0 radical (unpaired) electrons. The lowest BCUT2D eigenvalue weighted by atomic mass is 9.97. The molecule has 1 aliphatic rings. The Kier molecular flexibility index (Phi) is 5.80. The molecule has 0 aliphatic heterocycles. The Morgan fingerprint density at radius 3 is 2.53 bits per heavy atom. The number of nitrogens with two attached hydrogens (primary N) is 1. The number of halogens is 1. The number of benzene rings is 2. The number of hydrogen-bond donors (Lipinski definition) is 1. The third-order valence-electron chi connectivity index (χ3n) is 5.63. The quantitative estimate of drug-likeness (QED) is 0.310. The summed E-state index contributed by atoms with van der Waals surface area (Å²) < 4.78 is 1.59. The molecule has 1 amide bonds. The molecule has 5 nitrogen and oxygen atoms in total. The van der Waals surface area contributed by atoms with E-state index in [0.29, 0.717) is 21.3 Å². The number of aryl methyl sites for hydroxylation is 2. The first-order chi connectivity index (χ1) is 15.5. The summed E-state index contributed by atoms with van der Waals surface area (Å²) in [5.74, 6) is -0.483. The van der Waals surface area contributed by atoms with Gasteiger partial charge < -0.3 is 5.73 Å². The van der Waals surface area contributed by atoms with Crippen LogP contribution >= 0.6 is 34.7 Å². The molecule has 2 N–H and O–H groups in total. The van der Waals surface area contributed by atoms with Gasteiger partial charge in [0.25, 0.3) is 5.56 Å². The molecule has 1 unspecified atom stereocenters. The SMILES string of the molecule is NC(=O)C(Sc1nc2sc3c(c2c(=O)n1-c1ccc(Cl)cc1)CCCC3)c1ccccc1. The fourth-order valence-electron chi connectivity index (χ4n) is 4.11. The molecular weight excluding hydrogens is 462 g/mol. The van der Waals surface area contributed by atoms with Crippen LogP contribution < -0.4 is 11.3 Å². The number of carbonyl (C=O) groups excluding carboxylic acids is 1. The second-order valence-corrected chi connectivity index (χ2v) is 10.3. The highest BCUT2D eigenvalue weighted by Gasteiger charge is 2.26. The highest BCUT2D eigenvalue weighted by atomic mass is 35.5. The molecule has 0 spiro atoms. The molecule has 4 aromatic rings. The molecule has 2 aromatic carbocycles. The largest absolute Gasteiger partial charge is 0.368 e. The van der Waals surface area contributed by atoms with E-state index in [1.165, 1.54) is 16.6 Å². The van der Waals surface area contributed by atoms with Crippen LogP contribution in [0.4, 0.5) is 0 Å². The standard InChI is InChI=1S/C24H20ClN3O2S2/c25-15-10-12-16(13-11-15)28-23(30)19-17-8-4-5-9-18(17)31-22(19)27-24(28)32-20(21(26)29)14-6-2-1-3-7-14/h1-3,6-7,10-13,20H,4-5,8-9H2,(H2,26,29). The van der Waals surface area contributed by atoms with Crippen LogP contribution in [0, 0.1) is 0 Å². The van der Waals surface area contributed by atoms with Gasteiger partial charge in [-0.05, 0) is 61.1 Å². The molecule has 5 rings (SSSR count). The van der Waals surface area contributed by atoms with Crippen LogP contribution in [0.1, 0.15) is 34.1 Å². The van der Waals surface area contributed by atoms with Gasteiger partial charge in [-0.1, -0.05) is 53.7 Å². The third-order valence-corrected chi connectivity index (χ3v) is 8.29. The number of thioether (sulfide) groups is 1. The topological polar surface area (TPSA) is 78.0 Å². The minimum Gasteiger partial charge on any atom is -0.368 e. The van der Waals surface area contributed by atoms with E-state index in [0.717, 1.165) is 41.6 Å². The molecule has 2 heterocycles. The summed E-state index contributed by atoms with van der Waals surface area (Å²) in [6.45, 7) is 0. The first kappa shape index (κ1) is 21.2. The molecule has 0 fully saturated rings. The first-order valence-corrected chi connectivity index (χ1v) is 12.4. The maximum atomic E-state index is 13.8. The fourth-order valence-corrected chi connectivity index (χ4v) is 6.60. The van der Waals surface area contributed by atoms with E-state index in [-0.39, 0.29) is 5.56 Å². The lowest BCUT2D eigenvalue weighted by Crippen LogP contribution is -2.24. The lowest BCUT2D eigenvalue weighted by Gasteiger charge is -2.17. The van der Waals surface area contributed by atoms with Gasteiger partial charge in [-0.15, -0.1) is 11.3 Å². The second-order valence-electron chi connectivity index (χ2n) is 7.71. The number of nitrogens with zero attached hydrogens (tertiary/aromatic N) is 2. The summed E-state index contributed by atoms with van der Waals surface area (Å²) in [4.78, 5) is 33.1. The van der Waals surface area contributed by atoms with Crippen molar-refractivity contribution in [3.05, 3.63) is 86.0 Å². The molecule has 2 aromatic heterocycles. The predicted octanol–water partition coefficient (Wildman–Crippen LogP) is 5.30. The summed E-state index contributed by atoms with van der Waals surface area (Å²) in [5.41, 5.74) is 8.20. The van der Waals surface area contributed by atoms with Crippen molar-refractivity contribution >= 4 is 50.8 Å². The number of primary amides is 1. The zero-order chi connectivity index (χ0) is 22.2. The minimum atomic E-state index is -0.673. The monoisotopic (exact) mass is 481 g/mol. The lowest BCUT2D eigenvalue weighted by molar-refractivity contribution is -0.117. The second kappa shape index (κ2) is 8.73. The van der Waals surface area contributed by atoms with E-state index >= 15 is 0 Å². The normalized spacial score (nSPS) is 14.3. The number of amides is 1. The van der Waals surface area contributed by atoms with Gasteiger partial charge in [-0.25, -0.2) is 4.98 Å². The Labute approximate surface area is 198 Å². The van der Waals surface area contributed by atoms with Crippen LogP contribution in [-0.2, 0) is 17.6 Å². The van der Waals surface area contributed by atoms with Gasteiger partial charge in [0.2, 0.25) is 5.91 Å². The third kappa shape index (κ3) is 3.85. The average Bonchev–Trinajstić information content (AvgIpc) is 3.17. The van der Waals surface area contributed by atoms with Crippen LogP contribution in [-0.4, -0.2) is 15.5 Å². The van der Waals surface area contributed by atoms with Crippen molar-refractivity contribution in [3.63, 3.8) is 0 Å². The van der Waals surface area contributed by atoms with E-state index in [1.807, 2.05) is 30.3 Å². The van der Waals surface area contributed by atoms with Crippen LogP contribution in [0.5, 0.6) is 0 Å². The zero-order valence-corrected chi connectivity index (χ0v) is 19.5. The van der Waals surface area contributed by atoms with Gasteiger partial charge >= 0.3 is 0 Å². The molecule has 1 atom stereocenters. The van der Waals surface area contributed by atoms with Gasteiger partial charge in [0.05, 0.1) is 11.1 Å². The van der Waals surface area contributed by atoms with E-state index in [1.54, 1.807) is 40.2 Å². The van der Waals surface area contributed by atoms with Crippen molar-refractivity contribution in [2.24, 2.45) is 5.73 Å². The molecule has 162 valence electrons. The van der Waals surface area contributed by atoms with E-state index in [4.69, 9.17) is 22.3 Å². The van der Waals surface area contributed by atoms with Crippen molar-refractivity contribution in [2.75, 3.05) is 0 Å². The molecule has 0 bridgehead atoms. The maximum Gasteiger partial charge on any atom is 0.267 e. The molecule has 0 saturated heterocycles. The molecule has 0 saturated carbocycles. The predicted molar refractivity (Wildman–Crippen MR) is 131 cm³/mol. The maximum absolute atomic E-state index is 13.8. The van der Waals surface area contributed by atoms with Gasteiger partial charge in [-0.3, -0.25) is 14.2 Å². The Morgan fingerprint density at radius 1 is 1.09 bits per heavy atom. The number of aromatic nitrogens is 2. The fraction of sp³-hybridized carbons (Fsp3) is 0.208. The smallest absolute Gasteiger partial charge is 0.267 e.